The maximum Gasteiger partial charge on any atom is 0.108 e. The van der Waals surface area contributed by atoms with Crippen LogP contribution in [-0.4, -0.2) is 62.2 Å². The summed E-state index contributed by atoms with van der Waals surface area (Å²) in [5.74, 6) is 0. The summed E-state index contributed by atoms with van der Waals surface area (Å²) in [5, 5.41) is 11.9. The molecule has 0 spiro atoms. The molecule has 1 N–H and O–H groups in total. The first kappa shape index (κ1) is 16.4. The van der Waals surface area contributed by atoms with Gasteiger partial charge in [0.15, 0.2) is 0 Å². The van der Waals surface area contributed by atoms with Crippen LogP contribution in [0.4, 0.5) is 0 Å². The first-order chi connectivity index (χ1) is 8.21. The average molecular weight is 240 g/mol. The van der Waals surface area contributed by atoms with E-state index in [0.29, 0.717) is 0 Å². The van der Waals surface area contributed by atoms with Gasteiger partial charge in [0.1, 0.15) is 6.04 Å². The van der Waals surface area contributed by atoms with Crippen LogP contribution in [-0.2, 0) is 0 Å². The minimum absolute atomic E-state index is 0.0524. The van der Waals surface area contributed by atoms with Crippen molar-refractivity contribution >= 4 is 0 Å². The van der Waals surface area contributed by atoms with Gasteiger partial charge < -0.3 is 15.1 Å². The molecule has 0 amide bonds. The van der Waals surface area contributed by atoms with Crippen molar-refractivity contribution in [2.45, 2.75) is 33.2 Å². The Labute approximate surface area is 107 Å². The van der Waals surface area contributed by atoms with Gasteiger partial charge in [-0.1, -0.05) is 20.8 Å². The number of rotatable bonds is 10. The predicted octanol–water partition coefficient (Wildman–Crippen LogP) is 1.15. The quantitative estimate of drug-likeness (QED) is 0.622. The van der Waals surface area contributed by atoms with E-state index in [9.17, 15) is 0 Å². The summed E-state index contributed by atoms with van der Waals surface area (Å²) in [4.78, 5) is 4.78. The zero-order valence-electron chi connectivity index (χ0n) is 11.9. The van der Waals surface area contributed by atoms with Crippen LogP contribution in [0.2, 0.25) is 0 Å². The second kappa shape index (κ2) is 10.5. The molecule has 0 saturated heterocycles. The Morgan fingerprint density at radius 2 is 1.59 bits per heavy atom. The molecule has 0 aliphatic rings. The predicted molar refractivity (Wildman–Crippen MR) is 73.0 cm³/mol. The lowest BCUT2D eigenvalue weighted by Gasteiger charge is -2.24. The van der Waals surface area contributed by atoms with Crippen LogP contribution in [0.25, 0.3) is 0 Å². The van der Waals surface area contributed by atoms with Crippen molar-refractivity contribution in [3.8, 4) is 6.07 Å². The number of nitrogens with zero attached hydrogens (tertiary/aromatic N) is 3. The van der Waals surface area contributed by atoms with Crippen molar-refractivity contribution in [2.24, 2.45) is 0 Å². The van der Waals surface area contributed by atoms with Crippen LogP contribution >= 0.6 is 0 Å². The van der Waals surface area contributed by atoms with Gasteiger partial charge >= 0.3 is 0 Å². The van der Waals surface area contributed by atoms with E-state index in [-0.39, 0.29) is 6.04 Å². The minimum Gasteiger partial charge on any atom is -0.304 e. The van der Waals surface area contributed by atoms with E-state index in [1.54, 1.807) is 0 Å². The van der Waals surface area contributed by atoms with Gasteiger partial charge in [0, 0.05) is 6.54 Å². The largest absolute Gasteiger partial charge is 0.304 e. The Morgan fingerprint density at radius 1 is 1.06 bits per heavy atom. The highest BCUT2D eigenvalue weighted by Gasteiger charge is 2.10. The number of likely N-dealkylation sites (N-methyl/N-ethyl adjacent to an activating group) is 2. The summed E-state index contributed by atoms with van der Waals surface area (Å²) >= 11 is 0. The van der Waals surface area contributed by atoms with Gasteiger partial charge in [0.2, 0.25) is 0 Å². The van der Waals surface area contributed by atoms with Crippen LogP contribution in [0.5, 0.6) is 0 Å². The van der Waals surface area contributed by atoms with E-state index < -0.39 is 0 Å². The molecule has 0 bridgehead atoms. The fourth-order valence-electron chi connectivity index (χ4n) is 1.89. The molecule has 4 heteroatoms. The van der Waals surface area contributed by atoms with Crippen molar-refractivity contribution < 1.29 is 0 Å². The third-order valence-electron chi connectivity index (χ3n) is 3.24. The van der Waals surface area contributed by atoms with E-state index in [4.69, 9.17) is 5.26 Å². The normalized spacial score (nSPS) is 13.0. The Kier molecular flexibility index (Phi) is 10.1. The third kappa shape index (κ3) is 7.32. The lowest BCUT2D eigenvalue weighted by molar-refractivity contribution is 0.236. The maximum atomic E-state index is 8.91. The second-order valence-corrected chi connectivity index (χ2v) is 4.24. The van der Waals surface area contributed by atoms with Crippen molar-refractivity contribution in [2.75, 3.05) is 46.3 Å². The van der Waals surface area contributed by atoms with E-state index >= 15 is 0 Å². The molecule has 0 aromatic carbocycles. The lowest BCUT2D eigenvalue weighted by atomic mass is 10.2. The molecule has 0 radical (unpaired) electrons. The first-order valence-corrected chi connectivity index (χ1v) is 6.73. The van der Waals surface area contributed by atoms with Crippen molar-refractivity contribution in [3.05, 3.63) is 0 Å². The molecule has 0 saturated carbocycles. The highest BCUT2D eigenvalue weighted by Crippen LogP contribution is 1.97. The summed E-state index contributed by atoms with van der Waals surface area (Å²) in [7, 11) is 1.84. The van der Waals surface area contributed by atoms with Crippen molar-refractivity contribution in [3.63, 3.8) is 0 Å². The second-order valence-electron chi connectivity index (χ2n) is 4.24. The number of hydrogen-bond donors (Lipinski definition) is 1. The SMILES string of the molecule is CCN(CC)CCCN(CC)CC(C#N)NC. The molecule has 100 valence electrons. The molecule has 0 aliphatic heterocycles. The van der Waals surface area contributed by atoms with Gasteiger partial charge in [0.05, 0.1) is 6.07 Å². The standard InChI is InChI=1S/C13H28N4/c1-5-16(6-2)9-8-10-17(7-3)12-13(11-14)15-4/h13,15H,5-10,12H2,1-4H3. The van der Waals surface area contributed by atoms with Crippen LogP contribution in [0.15, 0.2) is 0 Å². The molecule has 0 aromatic rings. The molecular formula is C13H28N4. The van der Waals surface area contributed by atoms with Crippen molar-refractivity contribution in [1.82, 2.24) is 15.1 Å². The van der Waals surface area contributed by atoms with Gasteiger partial charge in [0.25, 0.3) is 0 Å². The molecule has 17 heavy (non-hydrogen) atoms. The Bertz CT molecular complexity index is 208. The highest BCUT2D eigenvalue weighted by molar-refractivity contribution is 4.90. The van der Waals surface area contributed by atoms with Gasteiger partial charge in [-0.05, 0) is 46.2 Å². The molecule has 0 aliphatic carbocycles. The Hall–Kier alpha value is -0.630. The lowest BCUT2D eigenvalue weighted by Crippen LogP contribution is -2.39. The van der Waals surface area contributed by atoms with Gasteiger partial charge in [-0.2, -0.15) is 5.26 Å². The monoisotopic (exact) mass is 240 g/mol. The average Bonchev–Trinajstić information content (AvgIpc) is 2.38. The summed E-state index contributed by atoms with van der Waals surface area (Å²) in [6.45, 7) is 12.9. The molecular weight excluding hydrogens is 212 g/mol. The van der Waals surface area contributed by atoms with Gasteiger partial charge in [-0.25, -0.2) is 0 Å². The van der Waals surface area contributed by atoms with Crippen LogP contribution < -0.4 is 5.32 Å². The van der Waals surface area contributed by atoms with E-state index in [2.05, 4.69) is 42.0 Å². The first-order valence-electron chi connectivity index (χ1n) is 6.73. The number of nitrogens with one attached hydrogen (secondary N) is 1. The molecule has 0 heterocycles. The van der Waals surface area contributed by atoms with Gasteiger partial charge in [-0.15, -0.1) is 0 Å². The van der Waals surface area contributed by atoms with Gasteiger partial charge in [-0.3, -0.25) is 0 Å². The molecule has 1 unspecified atom stereocenters. The summed E-state index contributed by atoms with van der Waals surface area (Å²) in [6.07, 6.45) is 1.18. The van der Waals surface area contributed by atoms with Crippen molar-refractivity contribution in [1.29, 1.82) is 5.26 Å². The van der Waals surface area contributed by atoms with E-state index in [0.717, 1.165) is 39.3 Å². The molecule has 1 atom stereocenters. The minimum atomic E-state index is -0.0524. The summed E-state index contributed by atoms with van der Waals surface area (Å²) in [6, 6.07) is 2.22. The zero-order valence-corrected chi connectivity index (χ0v) is 11.9. The molecule has 0 fully saturated rings. The molecule has 0 aromatic heterocycles. The maximum absolute atomic E-state index is 8.91. The number of nitriles is 1. The fraction of sp³-hybridized carbons (Fsp3) is 0.923. The molecule has 0 rings (SSSR count). The van der Waals surface area contributed by atoms with Crippen LogP contribution in [0.1, 0.15) is 27.2 Å². The smallest absolute Gasteiger partial charge is 0.108 e. The topological polar surface area (TPSA) is 42.3 Å². The third-order valence-corrected chi connectivity index (χ3v) is 3.24. The molecule has 4 nitrogen and oxygen atoms in total. The fourth-order valence-corrected chi connectivity index (χ4v) is 1.89. The number of hydrogen-bond acceptors (Lipinski definition) is 4. The highest BCUT2D eigenvalue weighted by atomic mass is 15.2. The summed E-state index contributed by atoms with van der Waals surface area (Å²) in [5.41, 5.74) is 0. The Balaban J connectivity index is 3.86. The van der Waals surface area contributed by atoms with E-state index in [1.165, 1.54) is 6.42 Å². The zero-order chi connectivity index (χ0) is 13.1. The van der Waals surface area contributed by atoms with Crippen LogP contribution in [0, 0.1) is 11.3 Å². The summed E-state index contributed by atoms with van der Waals surface area (Å²) < 4.78 is 0. The van der Waals surface area contributed by atoms with E-state index in [1.807, 2.05) is 7.05 Å². The van der Waals surface area contributed by atoms with Crippen LogP contribution in [0.3, 0.4) is 0 Å². The Morgan fingerprint density at radius 3 is 2.00 bits per heavy atom.